The maximum atomic E-state index is 10.8. The first-order chi connectivity index (χ1) is 8.47. The highest BCUT2D eigenvalue weighted by atomic mass is 35.5. The summed E-state index contributed by atoms with van der Waals surface area (Å²) in [6.07, 6.45) is 0. The van der Waals surface area contributed by atoms with Gasteiger partial charge in [-0.05, 0) is 42.0 Å². The monoisotopic (exact) mass is 282 g/mol. The smallest absolute Gasteiger partial charge is 0.335 e. The molecule has 3 nitrogen and oxygen atoms in total. The first kappa shape index (κ1) is 12.7. The van der Waals surface area contributed by atoms with Crippen LogP contribution in [0.4, 0.5) is 0 Å². The molecule has 2 N–H and O–H groups in total. The fourth-order valence-corrected chi connectivity index (χ4v) is 2.14. The lowest BCUT2D eigenvalue weighted by Crippen LogP contribution is -1.95. The third-order valence-electron chi connectivity index (χ3n) is 2.42. The molecule has 0 amide bonds. The Kier molecular flexibility index (Phi) is 3.45. The molecular weight excluding hydrogens is 275 g/mol. The zero-order chi connectivity index (χ0) is 13.3. The van der Waals surface area contributed by atoms with Crippen LogP contribution < -0.4 is 0 Å². The summed E-state index contributed by atoms with van der Waals surface area (Å²) >= 11 is 11.7. The lowest BCUT2D eigenvalue weighted by Gasteiger charge is -2.07. The molecular formula is C13H8Cl2O3. The van der Waals surface area contributed by atoms with Crippen LogP contribution in [-0.4, -0.2) is 16.2 Å². The standard InChI is InChI=1S/C13H8Cl2O3/c14-9-3-8(4-10(15)6-9)11-2-1-7(13(17)18)5-12(11)16/h1-6,16H,(H,17,18). The number of aromatic carboxylic acids is 1. The van der Waals surface area contributed by atoms with E-state index < -0.39 is 5.97 Å². The number of rotatable bonds is 2. The van der Waals surface area contributed by atoms with Gasteiger partial charge in [0.15, 0.2) is 0 Å². The number of carboxylic acids is 1. The Labute approximate surface area is 113 Å². The highest BCUT2D eigenvalue weighted by molar-refractivity contribution is 6.35. The average molecular weight is 283 g/mol. The molecule has 0 bridgehead atoms. The van der Waals surface area contributed by atoms with Crippen molar-refractivity contribution < 1.29 is 15.0 Å². The van der Waals surface area contributed by atoms with E-state index in [9.17, 15) is 9.90 Å². The van der Waals surface area contributed by atoms with Crippen LogP contribution in [0.25, 0.3) is 11.1 Å². The Morgan fingerprint density at radius 2 is 1.61 bits per heavy atom. The van der Waals surface area contributed by atoms with Crippen molar-refractivity contribution in [2.24, 2.45) is 0 Å². The third-order valence-corrected chi connectivity index (χ3v) is 2.85. The summed E-state index contributed by atoms with van der Waals surface area (Å²) in [6.45, 7) is 0. The lowest BCUT2D eigenvalue weighted by atomic mass is 10.0. The Bertz CT molecular complexity index is 603. The first-order valence-corrected chi connectivity index (χ1v) is 5.76. The average Bonchev–Trinajstić information content (AvgIpc) is 2.27. The second-order valence-electron chi connectivity index (χ2n) is 3.70. The van der Waals surface area contributed by atoms with Gasteiger partial charge >= 0.3 is 5.97 Å². The molecule has 0 fully saturated rings. The van der Waals surface area contributed by atoms with Crippen LogP contribution in [0, 0.1) is 0 Å². The normalized spacial score (nSPS) is 10.3. The van der Waals surface area contributed by atoms with Gasteiger partial charge in [0, 0.05) is 15.6 Å². The van der Waals surface area contributed by atoms with Crippen molar-refractivity contribution in [2.75, 3.05) is 0 Å². The van der Waals surface area contributed by atoms with Crippen molar-refractivity contribution in [2.45, 2.75) is 0 Å². The molecule has 0 spiro atoms. The van der Waals surface area contributed by atoms with E-state index in [0.29, 0.717) is 21.2 Å². The van der Waals surface area contributed by atoms with Gasteiger partial charge in [-0.15, -0.1) is 0 Å². The van der Waals surface area contributed by atoms with E-state index in [-0.39, 0.29) is 11.3 Å². The van der Waals surface area contributed by atoms with Gasteiger partial charge < -0.3 is 10.2 Å². The van der Waals surface area contributed by atoms with Crippen LogP contribution in [0.15, 0.2) is 36.4 Å². The third kappa shape index (κ3) is 2.58. The molecule has 0 unspecified atom stereocenters. The molecule has 0 heterocycles. The fourth-order valence-electron chi connectivity index (χ4n) is 1.62. The maximum Gasteiger partial charge on any atom is 0.335 e. The van der Waals surface area contributed by atoms with Gasteiger partial charge in [-0.25, -0.2) is 4.79 Å². The summed E-state index contributed by atoms with van der Waals surface area (Å²) < 4.78 is 0. The molecule has 92 valence electrons. The second kappa shape index (κ2) is 4.88. The highest BCUT2D eigenvalue weighted by Crippen LogP contribution is 2.33. The minimum Gasteiger partial charge on any atom is -0.507 e. The molecule has 0 aromatic heterocycles. The molecule has 2 aromatic carbocycles. The van der Waals surface area contributed by atoms with E-state index in [1.54, 1.807) is 18.2 Å². The van der Waals surface area contributed by atoms with Crippen molar-refractivity contribution >= 4 is 29.2 Å². The van der Waals surface area contributed by atoms with Crippen molar-refractivity contribution in [3.63, 3.8) is 0 Å². The molecule has 0 saturated carbocycles. The molecule has 0 aliphatic heterocycles. The van der Waals surface area contributed by atoms with E-state index in [0.717, 1.165) is 0 Å². The number of benzene rings is 2. The van der Waals surface area contributed by atoms with E-state index in [4.69, 9.17) is 28.3 Å². The Hall–Kier alpha value is -1.71. The van der Waals surface area contributed by atoms with Crippen molar-refractivity contribution in [3.8, 4) is 16.9 Å². The van der Waals surface area contributed by atoms with Crippen LogP contribution in [-0.2, 0) is 0 Å². The molecule has 2 rings (SSSR count). The quantitative estimate of drug-likeness (QED) is 0.873. The predicted molar refractivity (Wildman–Crippen MR) is 70.5 cm³/mol. The van der Waals surface area contributed by atoms with Crippen LogP contribution in [0.5, 0.6) is 5.75 Å². The van der Waals surface area contributed by atoms with Crippen LogP contribution in [0.3, 0.4) is 0 Å². The van der Waals surface area contributed by atoms with E-state index in [1.165, 1.54) is 18.2 Å². The highest BCUT2D eigenvalue weighted by Gasteiger charge is 2.10. The van der Waals surface area contributed by atoms with Gasteiger partial charge in [0.25, 0.3) is 0 Å². The summed E-state index contributed by atoms with van der Waals surface area (Å²) in [4.78, 5) is 10.8. The molecule has 0 radical (unpaired) electrons. The van der Waals surface area contributed by atoms with Crippen LogP contribution in [0.1, 0.15) is 10.4 Å². The van der Waals surface area contributed by atoms with E-state index in [1.807, 2.05) is 0 Å². The molecule has 0 aliphatic carbocycles. The molecule has 18 heavy (non-hydrogen) atoms. The SMILES string of the molecule is O=C(O)c1ccc(-c2cc(Cl)cc(Cl)c2)c(O)c1. The van der Waals surface area contributed by atoms with Gasteiger partial charge in [0.1, 0.15) is 5.75 Å². The number of phenolic OH excluding ortho intramolecular Hbond substituents is 1. The Morgan fingerprint density at radius 1 is 1.00 bits per heavy atom. The van der Waals surface area contributed by atoms with Crippen LogP contribution in [0.2, 0.25) is 10.0 Å². The molecule has 0 aliphatic rings. The number of hydrogen-bond acceptors (Lipinski definition) is 2. The largest absolute Gasteiger partial charge is 0.507 e. The molecule has 0 atom stereocenters. The molecule has 0 saturated heterocycles. The number of halogens is 2. The number of phenols is 1. The number of hydrogen-bond donors (Lipinski definition) is 2. The minimum absolute atomic E-state index is 0.0179. The molecule has 2 aromatic rings. The number of aromatic hydroxyl groups is 1. The Balaban J connectivity index is 2.54. The van der Waals surface area contributed by atoms with Crippen molar-refractivity contribution in [3.05, 3.63) is 52.0 Å². The summed E-state index contributed by atoms with van der Waals surface area (Å²) in [5, 5.41) is 19.5. The number of carbonyl (C=O) groups is 1. The van der Waals surface area contributed by atoms with Gasteiger partial charge in [-0.2, -0.15) is 0 Å². The summed E-state index contributed by atoms with van der Waals surface area (Å²) in [5.41, 5.74) is 1.12. The van der Waals surface area contributed by atoms with Gasteiger partial charge in [-0.3, -0.25) is 0 Å². The maximum absolute atomic E-state index is 10.8. The van der Waals surface area contributed by atoms with Gasteiger partial charge in [0.05, 0.1) is 5.56 Å². The van der Waals surface area contributed by atoms with Crippen molar-refractivity contribution in [1.82, 2.24) is 0 Å². The fraction of sp³-hybridized carbons (Fsp3) is 0. The lowest BCUT2D eigenvalue weighted by molar-refractivity contribution is 0.0696. The van der Waals surface area contributed by atoms with Crippen LogP contribution >= 0.6 is 23.2 Å². The summed E-state index contributed by atoms with van der Waals surface area (Å²) in [6, 6.07) is 8.97. The molecule has 5 heteroatoms. The summed E-state index contributed by atoms with van der Waals surface area (Å²) in [5.74, 6) is -1.23. The van der Waals surface area contributed by atoms with Gasteiger partial charge in [0.2, 0.25) is 0 Å². The first-order valence-electron chi connectivity index (χ1n) is 5.00. The minimum atomic E-state index is -1.10. The van der Waals surface area contributed by atoms with Crippen molar-refractivity contribution in [1.29, 1.82) is 0 Å². The Morgan fingerprint density at radius 3 is 2.11 bits per heavy atom. The zero-order valence-electron chi connectivity index (χ0n) is 9.02. The topological polar surface area (TPSA) is 57.5 Å². The zero-order valence-corrected chi connectivity index (χ0v) is 10.5. The van der Waals surface area contributed by atoms with Gasteiger partial charge in [-0.1, -0.05) is 23.2 Å². The predicted octanol–water partition coefficient (Wildman–Crippen LogP) is 4.06. The van der Waals surface area contributed by atoms with E-state index in [2.05, 4.69) is 0 Å². The summed E-state index contributed by atoms with van der Waals surface area (Å²) in [7, 11) is 0. The van der Waals surface area contributed by atoms with E-state index >= 15 is 0 Å². The second-order valence-corrected chi connectivity index (χ2v) is 4.57. The number of carboxylic acid groups (broad SMARTS) is 1.